The van der Waals surface area contributed by atoms with Gasteiger partial charge in [0.1, 0.15) is 5.65 Å². The number of aromatic nitrogens is 2. The molecule has 0 amide bonds. The van der Waals surface area contributed by atoms with Gasteiger partial charge in [0.2, 0.25) is 0 Å². The van der Waals surface area contributed by atoms with E-state index in [4.69, 9.17) is 17.3 Å². The first kappa shape index (κ1) is 10.6. The molecule has 0 bridgehead atoms. The number of nitrogens with zero attached hydrogens (tertiary/aromatic N) is 2. The van der Waals surface area contributed by atoms with E-state index >= 15 is 0 Å². The number of rotatable bonds is 1. The number of hydrogen-bond donors (Lipinski definition) is 1. The van der Waals surface area contributed by atoms with Crippen molar-refractivity contribution in [2.45, 2.75) is 13.5 Å². The highest BCUT2D eigenvalue weighted by Crippen LogP contribution is 2.25. The summed E-state index contributed by atoms with van der Waals surface area (Å²) in [6.45, 7) is 2.54. The molecule has 0 aliphatic carbocycles. The van der Waals surface area contributed by atoms with Gasteiger partial charge in [-0.1, -0.05) is 17.7 Å². The van der Waals surface area contributed by atoms with Crippen LogP contribution in [-0.2, 0) is 6.54 Å². The third-order valence-corrected chi connectivity index (χ3v) is 3.28. The van der Waals surface area contributed by atoms with Crippen molar-refractivity contribution >= 4 is 28.2 Å². The van der Waals surface area contributed by atoms with Crippen LogP contribution in [0.1, 0.15) is 11.3 Å². The van der Waals surface area contributed by atoms with Crippen LogP contribution >= 0.6 is 11.6 Å². The zero-order valence-corrected chi connectivity index (χ0v) is 10.2. The Morgan fingerprint density at radius 2 is 2.18 bits per heavy atom. The van der Waals surface area contributed by atoms with E-state index in [2.05, 4.69) is 22.4 Å². The van der Waals surface area contributed by atoms with Gasteiger partial charge in [0.25, 0.3) is 0 Å². The summed E-state index contributed by atoms with van der Waals surface area (Å²) < 4.78 is 2.06. The fourth-order valence-corrected chi connectivity index (χ4v) is 2.39. The molecular weight excluding hydrogens is 234 g/mol. The van der Waals surface area contributed by atoms with Crippen LogP contribution in [-0.4, -0.2) is 9.38 Å². The quantitative estimate of drug-likeness (QED) is 0.716. The van der Waals surface area contributed by atoms with Gasteiger partial charge in [-0.2, -0.15) is 0 Å². The topological polar surface area (TPSA) is 43.3 Å². The van der Waals surface area contributed by atoms with Gasteiger partial charge in [-0.25, -0.2) is 4.98 Å². The van der Waals surface area contributed by atoms with Crippen LogP contribution in [0.15, 0.2) is 30.5 Å². The second kappa shape index (κ2) is 3.72. The van der Waals surface area contributed by atoms with Crippen LogP contribution in [0.3, 0.4) is 0 Å². The van der Waals surface area contributed by atoms with Gasteiger partial charge >= 0.3 is 0 Å². The second-order valence-electron chi connectivity index (χ2n) is 4.14. The number of pyridine rings is 1. The molecule has 86 valence electrons. The van der Waals surface area contributed by atoms with E-state index in [1.165, 1.54) is 10.9 Å². The molecule has 0 spiro atoms. The van der Waals surface area contributed by atoms with Crippen LogP contribution in [0.25, 0.3) is 16.6 Å². The molecule has 2 aromatic heterocycles. The molecule has 17 heavy (non-hydrogen) atoms. The third kappa shape index (κ3) is 1.51. The smallest absolute Gasteiger partial charge is 0.137 e. The molecule has 3 rings (SSSR count). The Morgan fingerprint density at radius 3 is 2.94 bits per heavy atom. The average Bonchev–Trinajstić information content (AvgIpc) is 2.71. The Hall–Kier alpha value is -1.58. The molecule has 0 atom stereocenters. The molecule has 0 radical (unpaired) electrons. The Labute approximate surface area is 104 Å². The second-order valence-corrected chi connectivity index (χ2v) is 4.57. The monoisotopic (exact) mass is 245 g/mol. The van der Waals surface area contributed by atoms with Crippen LogP contribution in [0.5, 0.6) is 0 Å². The van der Waals surface area contributed by atoms with E-state index in [0.717, 1.165) is 21.9 Å². The van der Waals surface area contributed by atoms with Gasteiger partial charge in [0.15, 0.2) is 0 Å². The standard InChI is InChI=1S/C13H12ClN3/c1-8-4-13-16-7-10(6-15)17(13)12-5-9(14)2-3-11(8)12/h2-5,7H,6,15H2,1H3. The lowest BCUT2D eigenvalue weighted by atomic mass is 10.1. The normalized spacial score (nSPS) is 11.5. The van der Waals surface area contributed by atoms with E-state index in [9.17, 15) is 0 Å². The van der Waals surface area contributed by atoms with Crippen molar-refractivity contribution in [3.63, 3.8) is 0 Å². The van der Waals surface area contributed by atoms with Gasteiger partial charge < -0.3 is 5.73 Å². The van der Waals surface area contributed by atoms with E-state index in [1.807, 2.05) is 24.4 Å². The summed E-state index contributed by atoms with van der Waals surface area (Å²) in [5, 5.41) is 1.90. The maximum atomic E-state index is 6.07. The number of nitrogens with two attached hydrogens (primary N) is 1. The maximum absolute atomic E-state index is 6.07. The Bertz CT molecular complexity index is 715. The summed E-state index contributed by atoms with van der Waals surface area (Å²) in [5.41, 5.74) is 9.89. The fraction of sp³-hybridized carbons (Fsp3) is 0.154. The molecule has 3 aromatic rings. The molecule has 0 saturated heterocycles. The first-order chi connectivity index (χ1) is 8.20. The van der Waals surface area contributed by atoms with Crippen molar-refractivity contribution in [3.8, 4) is 0 Å². The summed E-state index contributed by atoms with van der Waals surface area (Å²) in [6.07, 6.45) is 1.81. The van der Waals surface area contributed by atoms with Gasteiger partial charge in [-0.15, -0.1) is 0 Å². The van der Waals surface area contributed by atoms with Crippen molar-refractivity contribution < 1.29 is 0 Å². The lowest BCUT2D eigenvalue weighted by Crippen LogP contribution is -2.02. The molecule has 3 nitrogen and oxygen atoms in total. The molecule has 0 fully saturated rings. The number of hydrogen-bond acceptors (Lipinski definition) is 2. The first-order valence-electron chi connectivity index (χ1n) is 5.46. The molecule has 0 aliphatic heterocycles. The van der Waals surface area contributed by atoms with E-state index in [-0.39, 0.29) is 0 Å². The number of halogens is 1. The third-order valence-electron chi connectivity index (χ3n) is 3.04. The Balaban J connectivity index is 2.58. The lowest BCUT2D eigenvalue weighted by Gasteiger charge is -2.08. The van der Waals surface area contributed by atoms with Crippen LogP contribution in [0, 0.1) is 6.92 Å². The number of benzene rings is 1. The highest BCUT2D eigenvalue weighted by atomic mass is 35.5. The number of aryl methyl sites for hydroxylation is 1. The SMILES string of the molecule is Cc1cc2ncc(CN)n2c2cc(Cl)ccc12. The average molecular weight is 246 g/mol. The minimum atomic E-state index is 0.464. The van der Waals surface area contributed by atoms with Crippen molar-refractivity contribution in [2.75, 3.05) is 0 Å². The molecule has 0 saturated carbocycles. The minimum Gasteiger partial charge on any atom is -0.325 e. The summed E-state index contributed by atoms with van der Waals surface area (Å²) in [5.74, 6) is 0. The van der Waals surface area contributed by atoms with Crippen molar-refractivity contribution in [1.29, 1.82) is 0 Å². The highest BCUT2D eigenvalue weighted by molar-refractivity contribution is 6.31. The van der Waals surface area contributed by atoms with Crippen molar-refractivity contribution in [3.05, 3.63) is 46.7 Å². The number of imidazole rings is 1. The molecular formula is C13H12ClN3. The minimum absolute atomic E-state index is 0.464. The van der Waals surface area contributed by atoms with E-state index < -0.39 is 0 Å². The van der Waals surface area contributed by atoms with Gasteiger partial charge in [0.05, 0.1) is 17.4 Å². The Kier molecular flexibility index (Phi) is 2.31. The predicted molar refractivity (Wildman–Crippen MR) is 70.3 cm³/mol. The molecule has 2 N–H and O–H groups in total. The molecule has 1 aromatic carbocycles. The molecule has 2 heterocycles. The zero-order valence-electron chi connectivity index (χ0n) is 9.44. The molecule has 0 unspecified atom stereocenters. The largest absolute Gasteiger partial charge is 0.325 e. The first-order valence-corrected chi connectivity index (χ1v) is 5.84. The van der Waals surface area contributed by atoms with Crippen LogP contribution < -0.4 is 5.73 Å². The predicted octanol–water partition coefficient (Wildman–Crippen LogP) is 2.91. The lowest BCUT2D eigenvalue weighted by molar-refractivity contribution is 0.979. The highest BCUT2D eigenvalue weighted by Gasteiger charge is 2.08. The number of fused-ring (bicyclic) bond motifs is 3. The van der Waals surface area contributed by atoms with Crippen molar-refractivity contribution in [2.24, 2.45) is 5.73 Å². The fourth-order valence-electron chi connectivity index (χ4n) is 2.22. The van der Waals surface area contributed by atoms with Crippen molar-refractivity contribution in [1.82, 2.24) is 9.38 Å². The van der Waals surface area contributed by atoms with E-state index in [0.29, 0.717) is 6.54 Å². The van der Waals surface area contributed by atoms with Crippen LogP contribution in [0.4, 0.5) is 0 Å². The summed E-state index contributed by atoms with van der Waals surface area (Å²) in [7, 11) is 0. The molecule has 4 heteroatoms. The van der Waals surface area contributed by atoms with Gasteiger partial charge in [-0.05, 0) is 30.7 Å². The zero-order chi connectivity index (χ0) is 12.0. The van der Waals surface area contributed by atoms with Crippen LogP contribution in [0.2, 0.25) is 5.02 Å². The van der Waals surface area contributed by atoms with E-state index in [1.54, 1.807) is 0 Å². The molecule has 0 aliphatic rings. The summed E-state index contributed by atoms with van der Waals surface area (Å²) >= 11 is 6.07. The van der Waals surface area contributed by atoms with Gasteiger partial charge in [-0.3, -0.25) is 4.40 Å². The Morgan fingerprint density at radius 1 is 1.35 bits per heavy atom. The summed E-state index contributed by atoms with van der Waals surface area (Å²) in [6, 6.07) is 7.96. The maximum Gasteiger partial charge on any atom is 0.137 e. The van der Waals surface area contributed by atoms with Gasteiger partial charge in [0, 0.05) is 17.0 Å². The summed E-state index contributed by atoms with van der Waals surface area (Å²) in [4.78, 5) is 4.37.